The lowest BCUT2D eigenvalue weighted by Gasteiger charge is -2.19. The number of rotatable bonds is 8. The number of hydrogen-bond acceptors (Lipinski definition) is 4. The van der Waals surface area contributed by atoms with Crippen molar-refractivity contribution < 1.29 is 9.09 Å². The van der Waals surface area contributed by atoms with Crippen LogP contribution in [0.5, 0.6) is 0 Å². The standard InChI is InChI=1S/C14H25N2O2P/c1-4-6-7-10-19(17,18-5-2)12-8-9-14(16-3)13(15)11-12/h8-9,11,16H,4-7,10,15H2,1-3H3. The predicted molar refractivity (Wildman–Crippen MR) is 83.7 cm³/mol. The number of unbranched alkanes of at least 4 members (excludes halogenated alkanes) is 2. The molecule has 108 valence electrons. The zero-order chi connectivity index (χ0) is 14.3. The first-order valence-electron chi connectivity index (χ1n) is 6.88. The van der Waals surface area contributed by atoms with E-state index in [0.717, 1.165) is 30.3 Å². The maximum absolute atomic E-state index is 12.9. The summed E-state index contributed by atoms with van der Waals surface area (Å²) in [5.74, 6) is 0. The van der Waals surface area contributed by atoms with Crippen LogP contribution in [0.2, 0.25) is 0 Å². The first-order chi connectivity index (χ1) is 9.07. The maximum Gasteiger partial charge on any atom is 0.232 e. The lowest BCUT2D eigenvalue weighted by molar-refractivity contribution is 0.339. The zero-order valence-electron chi connectivity index (χ0n) is 12.1. The van der Waals surface area contributed by atoms with Gasteiger partial charge in [0.05, 0.1) is 18.0 Å². The van der Waals surface area contributed by atoms with E-state index in [1.165, 1.54) is 0 Å². The third kappa shape index (κ3) is 4.26. The van der Waals surface area contributed by atoms with Crippen LogP contribution in [0.25, 0.3) is 0 Å². The van der Waals surface area contributed by atoms with E-state index in [1.54, 1.807) is 6.07 Å². The minimum atomic E-state index is -2.77. The normalized spacial score (nSPS) is 14.1. The number of nitrogens with two attached hydrogens (primary N) is 1. The Morgan fingerprint density at radius 1 is 1.32 bits per heavy atom. The summed E-state index contributed by atoms with van der Waals surface area (Å²) in [6, 6.07) is 5.48. The molecule has 1 unspecified atom stereocenters. The molecule has 3 N–H and O–H groups in total. The third-order valence-electron chi connectivity index (χ3n) is 3.09. The minimum absolute atomic E-state index is 0.455. The Kier molecular flexibility index (Phi) is 6.40. The second-order valence-corrected chi connectivity index (χ2v) is 7.11. The Morgan fingerprint density at radius 2 is 2.05 bits per heavy atom. The summed E-state index contributed by atoms with van der Waals surface area (Å²) in [4.78, 5) is 0. The summed E-state index contributed by atoms with van der Waals surface area (Å²) in [6.45, 7) is 4.46. The molecule has 0 amide bonds. The first kappa shape index (κ1) is 16.1. The highest BCUT2D eigenvalue weighted by atomic mass is 31.2. The van der Waals surface area contributed by atoms with Gasteiger partial charge < -0.3 is 15.6 Å². The van der Waals surface area contributed by atoms with Crippen molar-refractivity contribution in [3.8, 4) is 0 Å². The van der Waals surface area contributed by atoms with Crippen LogP contribution in [0.1, 0.15) is 33.1 Å². The minimum Gasteiger partial charge on any atom is -0.397 e. The molecule has 1 aromatic carbocycles. The summed E-state index contributed by atoms with van der Waals surface area (Å²) in [7, 11) is -0.952. The van der Waals surface area contributed by atoms with Crippen LogP contribution in [-0.4, -0.2) is 19.8 Å². The van der Waals surface area contributed by atoms with Gasteiger partial charge in [-0.25, -0.2) is 0 Å². The van der Waals surface area contributed by atoms with Gasteiger partial charge in [0, 0.05) is 18.5 Å². The van der Waals surface area contributed by atoms with Crippen LogP contribution >= 0.6 is 7.37 Å². The number of hydrogen-bond donors (Lipinski definition) is 2. The second kappa shape index (κ2) is 7.56. The molecule has 0 saturated heterocycles. The van der Waals surface area contributed by atoms with Crippen LogP contribution in [0.3, 0.4) is 0 Å². The fourth-order valence-electron chi connectivity index (χ4n) is 2.04. The molecule has 4 nitrogen and oxygen atoms in total. The number of nitrogen functional groups attached to an aromatic ring is 1. The Balaban J connectivity index is 2.97. The Morgan fingerprint density at radius 3 is 2.58 bits per heavy atom. The molecule has 0 fully saturated rings. The quantitative estimate of drug-likeness (QED) is 0.436. The molecule has 1 atom stereocenters. The SMILES string of the molecule is CCCCCP(=O)(OCC)c1ccc(NC)c(N)c1. The number of benzene rings is 1. The van der Waals surface area contributed by atoms with Crippen LogP contribution in [0, 0.1) is 0 Å². The van der Waals surface area contributed by atoms with Gasteiger partial charge >= 0.3 is 0 Å². The van der Waals surface area contributed by atoms with Crippen molar-refractivity contribution in [3.63, 3.8) is 0 Å². The van der Waals surface area contributed by atoms with E-state index in [0.29, 0.717) is 18.5 Å². The van der Waals surface area contributed by atoms with Crippen LogP contribution in [0.4, 0.5) is 11.4 Å². The summed E-state index contributed by atoms with van der Waals surface area (Å²) >= 11 is 0. The average Bonchev–Trinajstić information content (AvgIpc) is 2.39. The topological polar surface area (TPSA) is 64.3 Å². The molecule has 0 aromatic heterocycles. The first-order valence-corrected chi connectivity index (χ1v) is 8.69. The van der Waals surface area contributed by atoms with Crippen molar-refractivity contribution in [3.05, 3.63) is 18.2 Å². The van der Waals surface area contributed by atoms with Gasteiger partial charge in [0.25, 0.3) is 0 Å². The molecule has 1 aromatic rings. The molecule has 19 heavy (non-hydrogen) atoms. The van der Waals surface area contributed by atoms with E-state index in [9.17, 15) is 4.57 Å². The molecule has 0 aliphatic carbocycles. The van der Waals surface area contributed by atoms with Gasteiger partial charge in [-0.05, 0) is 31.5 Å². The van der Waals surface area contributed by atoms with Crippen LogP contribution in [-0.2, 0) is 9.09 Å². The van der Waals surface area contributed by atoms with Gasteiger partial charge in [0.1, 0.15) is 0 Å². The largest absolute Gasteiger partial charge is 0.397 e. The monoisotopic (exact) mass is 284 g/mol. The van der Waals surface area contributed by atoms with Gasteiger partial charge in [-0.1, -0.05) is 19.8 Å². The lowest BCUT2D eigenvalue weighted by Crippen LogP contribution is -2.12. The fourth-order valence-corrected chi connectivity index (χ4v) is 4.27. The highest BCUT2D eigenvalue weighted by molar-refractivity contribution is 7.67. The van der Waals surface area contributed by atoms with Crippen molar-refractivity contribution in [1.82, 2.24) is 0 Å². The summed E-state index contributed by atoms with van der Waals surface area (Å²) in [5.41, 5.74) is 7.39. The lowest BCUT2D eigenvalue weighted by atomic mass is 10.3. The molecule has 0 bridgehead atoms. The van der Waals surface area contributed by atoms with Gasteiger partial charge in [-0.15, -0.1) is 0 Å². The van der Waals surface area contributed by atoms with Crippen molar-refractivity contribution in [1.29, 1.82) is 0 Å². The molecule has 0 aliphatic rings. The van der Waals surface area contributed by atoms with Gasteiger partial charge in [0.15, 0.2) is 0 Å². The molecule has 0 spiro atoms. The molecule has 1 rings (SSSR count). The van der Waals surface area contributed by atoms with Gasteiger partial charge in [-0.3, -0.25) is 4.57 Å². The summed E-state index contributed by atoms with van der Waals surface area (Å²) < 4.78 is 18.5. The van der Waals surface area contributed by atoms with E-state index >= 15 is 0 Å². The fraction of sp³-hybridized carbons (Fsp3) is 0.571. The summed E-state index contributed by atoms with van der Waals surface area (Å²) in [5, 5.41) is 3.73. The van der Waals surface area contributed by atoms with Crippen molar-refractivity contribution in [2.75, 3.05) is 30.9 Å². The molecule has 0 aliphatic heterocycles. The van der Waals surface area contributed by atoms with Crippen molar-refractivity contribution in [2.24, 2.45) is 0 Å². The van der Waals surface area contributed by atoms with E-state index in [2.05, 4.69) is 12.2 Å². The highest BCUT2D eigenvalue weighted by Crippen LogP contribution is 2.47. The van der Waals surface area contributed by atoms with Gasteiger partial charge in [0.2, 0.25) is 7.37 Å². The number of nitrogens with one attached hydrogen (secondary N) is 1. The van der Waals surface area contributed by atoms with Crippen LogP contribution in [0.15, 0.2) is 18.2 Å². The second-order valence-electron chi connectivity index (χ2n) is 4.54. The van der Waals surface area contributed by atoms with E-state index in [1.807, 2.05) is 26.1 Å². The van der Waals surface area contributed by atoms with E-state index in [-0.39, 0.29) is 0 Å². The molecule has 0 heterocycles. The third-order valence-corrected chi connectivity index (χ3v) is 5.74. The van der Waals surface area contributed by atoms with Gasteiger partial charge in [-0.2, -0.15) is 0 Å². The van der Waals surface area contributed by atoms with Crippen molar-refractivity contribution in [2.45, 2.75) is 33.1 Å². The predicted octanol–water partition coefficient (Wildman–Crippen LogP) is 3.44. The molecule has 0 saturated carbocycles. The molecule has 0 radical (unpaired) electrons. The van der Waals surface area contributed by atoms with E-state index < -0.39 is 7.37 Å². The Bertz CT molecular complexity index is 449. The van der Waals surface area contributed by atoms with Crippen molar-refractivity contribution >= 4 is 24.0 Å². The average molecular weight is 284 g/mol. The van der Waals surface area contributed by atoms with E-state index in [4.69, 9.17) is 10.3 Å². The maximum atomic E-state index is 12.9. The Labute approximate surface area is 116 Å². The smallest absolute Gasteiger partial charge is 0.232 e. The molecule has 5 heteroatoms. The Hall–Kier alpha value is -0.990. The van der Waals surface area contributed by atoms with Crippen LogP contribution < -0.4 is 16.4 Å². The number of anilines is 2. The highest BCUT2D eigenvalue weighted by Gasteiger charge is 2.25. The molecular formula is C14H25N2O2P. The molecular weight excluding hydrogens is 259 g/mol. The zero-order valence-corrected chi connectivity index (χ0v) is 13.0. The summed E-state index contributed by atoms with van der Waals surface area (Å²) in [6.07, 6.45) is 3.68.